The summed E-state index contributed by atoms with van der Waals surface area (Å²) in [6, 6.07) is 5.31. The molecule has 1 heterocycles. The molecule has 2 rings (SSSR count). The lowest BCUT2D eigenvalue weighted by Gasteiger charge is -2.07. The van der Waals surface area contributed by atoms with Crippen LogP contribution in [0.15, 0.2) is 18.2 Å². The second kappa shape index (κ2) is 6.12. The Bertz CT molecular complexity index is 601. The SMILES string of the molecule is CCS(=O)CCn1nnnc1-c1cccc(N)c1Cl. The molecule has 2 aromatic rings. The zero-order valence-corrected chi connectivity index (χ0v) is 12.0. The first-order valence-corrected chi connectivity index (χ1v) is 7.65. The van der Waals surface area contributed by atoms with Crippen molar-refractivity contribution in [3.8, 4) is 11.4 Å². The van der Waals surface area contributed by atoms with Crippen LogP contribution in [-0.4, -0.2) is 35.9 Å². The molecule has 0 fully saturated rings. The average molecular weight is 300 g/mol. The second-order valence-corrected chi connectivity index (χ2v) is 6.11. The second-order valence-electron chi connectivity index (χ2n) is 3.87. The van der Waals surface area contributed by atoms with E-state index in [2.05, 4.69) is 15.5 Å². The quantitative estimate of drug-likeness (QED) is 0.842. The van der Waals surface area contributed by atoms with Gasteiger partial charge in [0.15, 0.2) is 5.82 Å². The van der Waals surface area contributed by atoms with Gasteiger partial charge in [-0.25, -0.2) is 4.68 Å². The van der Waals surface area contributed by atoms with E-state index in [1.807, 2.05) is 6.92 Å². The van der Waals surface area contributed by atoms with E-state index in [0.717, 1.165) is 0 Å². The van der Waals surface area contributed by atoms with Crippen LogP contribution in [0.1, 0.15) is 6.92 Å². The summed E-state index contributed by atoms with van der Waals surface area (Å²) in [5, 5.41) is 11.9. The van der Waals surface area contributed by atoms with E-state index in [1.54, 1.807) is 22.9 Å². The molecule has 1 aromatic heterocycles. The monoisotopic (exact) mass is 299 g/mol. The van der Waals surface area contributed by atoms with Gasteiger partial charge in [-0.3, -0.25) is 4.21 Å². The number of hydrogen-bond acceptors (Lipinski definition) is 5. The van der Waals surface area contributed by atoms with Crippen molar-refractivity contribution in [3.05, 3.63) is 23.2 Å². The van der Waals surface area contributed by atoms with E-state index in [4.69, 9.17) is 17.3 Å². The Hall–Kier alpha value is -1.47. The molecule has 102 valence electrons. The van der Waals surface area contributed by atoms with Gasteiger partial charge in [-0.15, -0.1) is 5.10 Å². The van der Waals surface area contributed by atoms with Gasteiger partial charge < -0.3 is 5.73 Å². The van der Waals surface area contributed by atoms with Gasteiger partial charge >= 0.3 is 0 Å². The number of benzene rings is 1. The summed E-state index contributed by atoms with van der Waals surface area (Å²) in [5.74, 6) is 1.66. The average Bonchev–Trinajstić information content (AvgIpc) is 2.87. The van der Waals surface area contributed by atoms with Crippen molar-refractivity contribution in [1.29, 1.82) is 0 Å². The summed E-state index contributed by atoms with van der Waals surface area (Å²) in [6.07, 6.45) is 0. The molecule has 0 aliphatic rings. The first-order valence-electron chi connectivity index (χ1n) is 5.79. The summed E-state index contributed by atoms with van der Waals surface area (Å²) >= 11 is 6.15. The summed E-state index contributed by atoms with van der Waals surface area (Å²) in [5.41, 5.74) is 6.91. The van der Waals surface area contributed by atoms with E-state index >= 15 is 0 Å². The molecule has 19 heavy (non-hydrogen) atoms. The van der Waals surface area contributed by atoms with Crippen LogP contribution >= 0.6 is 11.6 Å². The van der Waals surface area contributed by atoms with Crippen LogP contribution in [0.25, 0.3) is 11.4 Å². The fourth-order valence-electron chi connectivity index (χ4n) is 1.60. The van der Waals surface area contributed by atoms with E-state index in [9.17, 15) is 4.21 Å². The van der Waals surface area contributed by atoms with Gasteiger partial charge in [0.1, 0.15) is 0 Å². The molecule has 0 saturated heterocycles. The fraction of sp³-hybridized carbons (Fsp3) is 0.364. The standard InChI is InChI=1S/C11H14ClN5OS/c1-2-19(18)7-6-17-11(14-15-16-17)8-4-3-5-9(13)10(8)12/h3-5H,2,6-7,13H2,1H3. The lowest BCUT2D eigenvalue weighted by molar-refractivity contribution is 0.624. The van der Waals surface area contributed by atoms with E-state index in [-0.39, 0.29) is 0 Å². The Morgan fingerprint density at radius 2 is 2.26 bits per heavy atom. The zero-order chi connectivity index (χ0) is 13.8. The van der Waals surface area contributed by atoms with Crippen molar-refractivity contribution < 1.29 is 4.21 Å². The molecule has 0 aliphatic carbocycles. The van der Waals surface area contributed by atoms with Crippen LogP contribution in [0.2, 0.25) is 5.02 Å². The van der Waals surface area contributed by atoms with Crippen LogP contribution < -0.4 is 5.73 Å². The highest BCUT2D eigenvalue weighted by atomic mass is 35.5. The fourth-order valence-corrected chi connectivity index (χ4v) is 2.48. The van der Waals surface area contributed by atoms with Crippen LogP contribution in [0.4, 0.5) is 5.69 Å². The first-order chi connectivity index (χ1) is 9.13. The van der Waals surface area contributed by atoms with E-state index in [1.165, 1.54) is 0 Å². The molecule has 1 atom stereocenters. The Morgan fingerprint density at radius 3 is 3.00 bits per heavy atom. The number of nitrogens with zero attached hydrogens (tertiary/aromatic N) is 4. The Labute approximate surface area is 118 Å². The third kappa shape index (κ3) is 3.10. The molecule has 0 amide bonds. The molecule has 6 nitrogen and oxygen atoms in total. The number of aryl methyl sites for hydroxylation is 1. The van der Waals surface area contributed by atoms with Gasteiger partial charge in [0.25, 0.3) is 0 Å². The molecule has 0 bridgehead atoms. The Balaban J connectivity index is 2.29. The highest BCUT2D eigenvalue weighted by Gasteiger charge is 2.14. The summed E-state index contributed by atoms with van der Waals surface area (Å²) in [6.45, 7) is 2.36. The summed E-state index contributed by atoms with van der Waals surface area (Å²) in [4.78, 5) is 0. The van der Waals surface area contributed by atoms with Crippen molar-refractivity contribution in [3.63, 3.8) is 0 Å². The summed E-state index contributed by atoms with van der Waals surface area (Å²) in [7, 11) is -0.860. The highest BCUT2D eigenvalue weighted by molar-refractivity contribution is 7.84. The van der Waals surface area contributed by atoms with Gasteiger partial charge in [-0.2, -0.15) is 0 Å². The predicted octanol–water partition coefficient (Wildman–Crippen LogP) is 1.34. The number of anilines is 1. The van der Waals surface area contributed by atoms with Crippen LogP contribution in [0.3, 0.4) is 0 Å². The molecular formula is C11H14ClN5OS. The van der Waals surface area contributed by atoms with Crippen LogP contribution in [0, 0.1) is 0 Å². The van der Waals surface area contributed by atoms with Crippen molar-refractivity contribution >= 4 is 28.1 Å². The van der Waals surface area contributed by atoms with Gasteiger partial charge in [0.05, 0.1) is 17.3 Å². The number of hydrogen-bond donors (Lipinski definition) is 1. The number of rotatable bonds is 5. The smallest absolute Gasteiger partial charge is 0.183 e. The third-order valence-electron chi connectivity index (χ3n) is 2.65. The predicted molar refractivity (Wildman–Crippen MR) is 76.2 cm³/mol. The van der Waals surface area contributed by atoms with Gasteiger partial charge in [0.2, 0.25) is 0 Å². The zero-order valence-electron chi connectivity index (χ0n) is 10.4. The Kier molecular flexibility index (Phi) is 4.49. The minimum Gasteiger partial charge on any atom is -0.398 e. The topological polar surface area (TPSA) is 86.7 Å². The molecule has 0 saturated carbocycles. The maximum absolute atomic E-state index is 11.5. The van der Waals surface area contributed by atoms with E-state index < -0.39 is 10.8 Å². The minimum atomic E-state index is -0.860. The summed E-state index contributed by atoms with van der Waals surface area (Å²) < 4.78 is 13.1. The maximum atomic E-state index is 11.5. The van der Waals surface area contributed by atoms with Crippen LogP contribution in [-0.2, 0) is 17.3 Å². The molecular weight excluding hydrogens is 286 g/mol. The number of nitrogens with two attached hydrogens (primary N) is 1. The number of aromatic nitrogens is 4. The normalized spacial score (nSPS) is 12.5. The highest BCUT2D eigenvalue weighted by Crippen LogP contribution is 2.30. The molecule has 0 spiro atoms. The van der Waals surface area contributed by atoms with Crippen molar-refractivity contribution in [2.75, 3.05) is 17.2 Å². The molecule has 0 aliphatic heterocycles. The number of halogens is 1. The largest absolute Gasteiger partial charge is 0.398 e. The van der Waals surface area contributed by atoms with Crippen LogP contribution in [0.5, 0.6) is 0 Å². The van der Waals surface area contributed by atoms with Gasteiger partial charge in [-0.05, 0) is 22.6 Å². The maximum Gasteiger partial charge on any atom is 0.183 e. The third-order valence-corrected chi connectivity index (χ3v) is 4.36. The van der Waals surface area contributed by atoms with Crippen molar-refractivity contribution in [2.24, 2.45) is 0 Å². The van der Waals surface area contributed by atoms with Gasteiger partial charge in [0, 0.05) is 27.9 Å². The van der Waals surface area contributed by atoms with Crippen molar-refractivity contribution in [1.82, 2.24) is 20.2 Å². The molecule has 1 aromatic carbocycles. The van der Waals surface area contributed by atoms with E-state index in [0.29, 0.717) is 40.1 Å². The lowest BCUT2D eigenvalue weighted by atomic mass is 10.2. The number of tetrazole rings is 1. The molecule has 2 N–H and O–H groups in total. The van der Waals surface area contributed by atoms with Crippen molar-refractivity contribution in [2.45, 2.75) is 13.5 Å². The van der Waals surface area contributed by atoms with Gasteiger partial charge in [-0.1, -0.05) is 24.6 Å². The lowest BCUT2D eigenvalue weighted by Crippen LogP contribution is -2.11. The number of nitrogen functional groups attached to an aromatic ring is 1. The first kappa shape index (κ1) is 14.0. The Morgan fingerprint density at radius 1 is 1.47 bits per heavy atom. The minimum absolute atomic E-state index is 0.426. The molecule has 1 unspecified atom stereocenters. The molecule has 8 heteroatoms. The molecule has 0 radical (unpaired) electrons.